The fourth-order valence-corrected chi connectivity index (χ4v) is 5.94. The Labute approximate surface area is 307 Å². The van der Waals surface area contributed by atoms with Crippen molar-refractivity contribution in [1.82, 2.24) is 15.0 Å². The molecule has 0 N–H and O–H groups in total. The third kappa shape index (κ3) is 7.65. The Balaban J connectivity index is 0.000000227. The molecule has 0 saturated carbocycles. The summed E-state index contributed by atoms with van der Waals surface area (Å²) in [5.41, 5.74) is 14.8. The molecule has 4 aromatic heterocycles. The van der Waals surface area contributed by atoms with Crippen LogP contribution in [-0.2, 0) is 32.9 Å². The van der Waals surface area contributed by atoms with Crippen LogP contribution >= 0.6 is 0 Å². The third-order valence-electron chi connectivity index (χ3n) is 8.96. The van der Waals surface area contributed by atoms with Gasteiger partial charge in [0.05, 0.1) is 5.58 Å². The van der Waals surface area contributed by atoms with Gasteiger partial charge in [0.25, 0.3) is 0 Å². The van der Waals surface area contributed by atoms with Gasteiger partial charge < -0.3 is 14.4 Å². The van der Waals surface area contributed by atoms with Crippen LogP contribution in [0, 0.1) is 39.8 Å². The van der Waals surface area contributed by atoms with Gasteiger partial charge in [-0.25, -0.2) is 4.98 Å². The molecule has 0 bridgehead atoms. The number of hydrogen-bond donors (Lipinski definition) is 0. The topological polar surface area (TPSA) is 51.8 Å². The molecule has 0 spiro atoms. The molecule has 0 saturated heterocycles. The number of pyridine rings is 3. The van der Waals surface area contributed by atoms with E-state index in [1.54, 1.807) is 0 Å². The van der Waals surface area contributed by atoms with Crippen LogP contribution in [-0.4, -0.2) is 15.0 Å². The quantitative estimate of drug-likeness (QED) is 0.157. The first-order valence-electron chi connectivity index (χ1n) is 16.6. The van der Waals surface area contributed by atoms with E-state index < -0.39 is 0 Å². The molecule has 0 aliphatic carbocycles. The maximum atomic E-state index is 6.28. The molecule has 4 aromatic carbocycles. The molecule has 4 nitrogen and oxygen atoms in total. The smallest absolute Gasteiger partial charge is 0.216 e. The summed E-state index contributed by atoms with van der Waals surface area (Å²) in [4.78, 5) is 14.0. The standard InChI is InChI=1S/C31H23N2O.C14H14N.Ir/c1-21-8-5-6-11-25(21)23-15-19-29(32-20-23)28-13-7-12-26-27-18-17-24(33-31(27)34-30(26)28)16-14-22-9-3-2-4-10-22;1-10-4-6-13(7-5-10)14-8-11(2)12(3)9-15-14;/h2-12,15,17-20H,14,16H2,1H3;4-6,8-9H,1-3H3;/q2*-1;. The second-order valence-electron chi connectivity index (χ2n) is 12.5. The first kappa shape index (κ1) is 34.6. The maximum Gasteiger partial charge on any atom is 0.216 e. The number of rotatable bonds is 6. The summed E-state index contributed by atoms with van der Waals surface area (Å²) < 4.78 is 6.28. The van der Waals surface area contributed by atoms with Crippen molar-refractivity contribution < 1.29 is 24.5 Å². The molecule has 0 aliphatic rings. The molecule has 0 amide bonds. The number of benzene rings is 4. The van der Waals surface area contributed by atoms with Gasteiger partial charge in [0.15, 0.2) is 0 Å². The van der Waals surface area contributed by atoms with E-state index >= 15 is 0 Å². The molecule has 0 fully saturated rings. The predicted octanol–water partition coefficient (Wildman–Crippen LogP) is 11.1. The zero-order chi connectivity index (χ0) is 33.7. The monoisotopic (exact) mass is 828 g/mol. The summed E-state index contributed by atoms with van der Waals surface area (Å²) in [6.45, 7) is 8.36. The minimum Gasteiger partial charge on any atom is -0.486 e. The van der Waals surface area contributed by atoms with Crippen LogP contribution in [0.2, 0.25) is 0 Å². The first-order chi connectivity index (χ1) is 23.9. The molecular formula is C45H37IrN3O-2. The summed E-state index contributed by atoms with van der Waals surface area (Å²) in [7, 11) is 0. The number of hydrogen-bond acceptors (Lipinski definition) is 4. The molecule has 4 heterocycles. The van der Waals surface area contributed by atoms with Gasteiger partial charge in [-0.2, -0.15) is 0 Å². The normalized spacial score (nSPS) is 10.8. The van der Waals surface area contributed by atoms with Crippen molar-refractivity contribution in [1.29, 1.82) is 0 Å². The van der Waals surface area contributed by atoms with Crippen LogP contribution in [0.25, 0.3) is 55.7 Å². The van der Waals surface area contributed by atoms with Crippen molar-refractivity contribution in [3.8, 4) is 33.6 Å². The molecule has 0 atom stereocenters. The van der Waals surface area contributed by atoms with E-state index in [0.717, 1.165) is 63.0 Å². The van der Waals surface area contributed by atoms with E-state index in [0.29, 0.717) is 5.71 Å². The summed E-state index contributed by atoms with van der Waals surface area (Å²) in [6.07, 6.45) is 5.67. The van der Waals surface area contributed by atoms with E-state index in [4.69, 9.17) is 14.4 Å². The van der Waals surface area contributed by atoms with Crippen molar-refractivity contribution >= 4 is 22.1 Å². The summed E-state index contributed by atoms with van der Waals surface area (Å²) in [5, 5.41) is 2.06. The van der Waals surface area contributed by atoms with Gasteiger partial charge in [0.2, 0.25) is 5.71 Å². The van der Waals surface area contributed by atoms with Crippen LogP contribution in [0.5, 0.6) is 0 Å². The van der Waals surface area contributed by atoms with Gasteiger partial charge >= 0.3 is 0 Å². The van der Waals surface area contributed by atoms with Crippen LogP contribution in [0.15, 0.2) is 132 Å². The van der Waals surface area contributed by atoms with Crippen molar-refractivity contribution in [2.75, 3.05) is 0 Å². The second-order valence-corrected chi connectivity index (χ2v) is 12.5. The van der Waals surface area contributed by atoms with Gasteiger partial charge in [0, 0.05) is 43.6 Å². The van der Waals surface area contributed by atoms with Crippen LogP contribution in [0.3, 0.4) is 0 Å². The molecule has 8 aromatic rings. The minimum absolute atomic E-state index is 0. The molecule has 5 heteroatoms. The fourth-order valence-electron chi connectivity index (χ4n) is 5.94. The van der Waals surface area contributed by atoms with Crippen LogP contribution in [0.1, 0.15) is 33.5 Å². The summed E-state index contributed by atoms with van der Waals surface area (Å²) >= 11 is 0. The Morgan fingerprint density at radius 2 is 1.44 bits per heavy atom. The average molecular weight is 828 g/mol. The van der Waals surface area contributed by atoms with E-state index in [2.05, 4.69) is 130 Å². The summed E-state index contributed by atoms with van der Waals surface area (Å²) in [5.74, 6) is 0. The fraction of sp³-hybridized carbons (Fsp3) is 0.133. The number of aromatic nitrogens is 3. The third-order valence-corrected chi connectivity index (χ3v) is 8.96. The van der Waals surface area contributed by atoms with E-state index in [-0.39, 0.29) is 20.1 Å². The molecule has 8 rings (SSSR count). The molecule has 0 aliphatic heterocycles. The Kier molecular flexibility index (Phi) is 10.8. The number of fused-ring (bicyclic) bond motifs is 3. The Bertz CT molecular complexity index is 2360. The SMILES string of the molecule is Cc1c[c-]c(-c2cc(C)c(C)cn2)cc1.Cc1ccccc1-c1ccc(-c2[c-]ccc3c2oc2nc(CCc4ccccc4)ccc23)nc1.[Ir]. The van der Waals surface area contributed by atoms with E-state index in [1.165, 1.54) is 33.4 Å². The van der Waals surface area contributed by atoms with Gasteiger partial charge in [-0.15, -0.1) is 53.6 Å². The van der Waals surface area contributed by atoms with Crippen molar-refractivity contribution in [2.24, 2.45) is 0 Å². The number of nitrogens with zero attached hydrogens (tertiary/aromatic N) is 3. The molecule has 50 heavy (non-hydrogen) atoms. The average Bonchev–Trinajstić information content (AvgIpc) is 3.51. The zero-order valence-corrected chi connectivity index (χ0v) is 31.0. The van der Waals surface area contributed by atoms with Gasteiger partial charge in [0.1, 0.15) is 0 Å². The van der Waals surface area contributed by atoms with E-state index in [1.807, 2.05) is 42.7 Å². The van der Waals surface area contributed by atoms with Crippen LogP contribution < -0.4 is 0 Å². The molecule has 249 valence electrons. The van der Waals surface area contributed by atoms with Gasteiger partial charge in [-0.05, 0) is 85.0 Å². The van der Waals surface area contributed by atoms with Crippen molar-refractivity contribution in [3.63, 3.8) is 0 Å². The Morgan fingerprint density at radius 3 is 2.18 bits per heavy atom. The molecule has 1 radical (unpaired) electrons. The van der Waals surface area contributed by atoms with Gasteiger partial charge in [-0.3, -0.25) is 0 Å². The number of furan rings is 1. The molecular weight excluding hydrogens is 791 g/mol. The van der Waals surface area contributed by atoms with Gasteiger partial charge in [-0.1, -0.05) is 96.2 Å². The number of aryl methyl sites for hydroxylation is 6. The largest absolute Gasteiger partial charge is 0.486 e. The minimum atomic E-state index is 0. The Morgan fingerprint density at radius 1 is 0.640 bits per heavy atom. The first-order valence-corrected chi connectivity index (χ1v) is 16.6. The van der Waals surface area contributed by atoms with Crippen LogP contribution in [0.4, 0.5) is 0 Å². The van der Waals surface area contributed by atoms with Crippen molar-refractivity contribution in [3.05, 3.63) is 173 Å². The second kappa shape index (κ2) is 15.6. The predicted molar refractivity (Wildman–Crippen MR) is 200 cm³/mol. The summed E-state index contributed by atoms with van der Waals surface area (Å²) in [6, 6.07) is 46.0. The zero-order valence-electron chi connectivity index (χ0n) is 28.6. The molecule has 0 unspecified atom stereocenters. The maximum absolute atomic E-state index is 6.28. The van der Waals surface area contributed by atoms with E-state index in [9.17, 15) is 0 Å². The van der Waals surface area contributed by atoms with Crippen molar-refractivity contribution in [2.45, 2.75) is 40.5 Å². The Hall–Kier alpha value is -5.22.